The van der Waals surface area contributed by atoms with Gasteiger partial charge in [0.25, 0.3) is 0 Å². The van der Waals surface area contributed by atoms with Crippen molar-refractivity contribution < 1.29 is 4.42 Å². The van der Waals surface area contributed by atoms with Gasteiger partial charge >= 0.3 is 0 Å². The predicted molar refractivity (Wildman–Crippen MR) is 72.0 cm³/mol. The van der Waals surface area contributed by atoms with Crippen molar-refractivity contribution in [3.63, 3.8) is 0 Å². The highest BCUT2D eigenvalue weighted by Crippen LogP contribution is 2.19. The van der Waals surface area contributed by atoms with Gasteiger partial charge in [-0.25, -0.2) is 0 Å². The summed E-state index contributed by atoms with van der Waals surface area (Å²) in [6.45, 7) is 5.19. The molecule has 0 aliphatic rings. The molecule has 0 aliphatic carbocycles. The van der Waals surface area contributed by atoms with E-state index in [0.717, 1.165) is 24.4 Å². The quantitative estimate of drug-likeness (QED) is 0.844. The molecular formula is C15H20N2O. The Kier molecular flexibility index (Phi) is 4.53. The van der Waals surface area contributed by atoms with Crippen molar-refractivity contribution in [2.75, 3.05) is 0 Å². The topological polar surface area (TPSA) is 38.1 Å². The Bertz CT molecular complexity index is 437. The summed E-state index contributed by atoms with van der Waals surface area (Å²) in [4.78, 5) is 4.44. The van der Waals surface area contributed by atoms with Gasteiger partial charge in [0.15, 0.2) is 0 Å². The second-order valence-corrected chi connectivity index (χ2v) is 4.90. The smallest absolute Gasteiger partial charge is 0.117 e. The van der Waals surface area contributed by atoms with Gasteiger partial charge in [-0.3, -0.25) is 4.98 Å². The number of aromatic nitrogens is 1. The highest BCUT2D eigenvalue weighted by molar-refractivity contribution is 5.09. The molecule has 0 radical (unpaired) electrons. The number of hydrogen-bond acceptors (Lipinski definition) is 3. The maximum Gasteiger partial charge on any atom is 0.117 e. The van der Waals surface area contributed by atoms with Gasteiger partial charge in [-0.05, 0) is 36.6 Å². The zero-order valence-corrected chi connectivity index (χ0v) is 11.0. The molecule has 1 atom stereocenters. The van der Waals surface area contributed by atoms with Gasteiger partial charge in [0.1, 0.15) is 5.76 Å². The van der Waals surface area contributed by atoms with Crippen LogP contribution < -0.4 is 5.32 Å². The number of nitrogens with zero attached hydrogens (tertiary/aromatic N) is 1. The van der Waals surface area contributed by atoms with E-state index in [4.69, 9.17) is 4.42 Å². The molecule has 3 heteroatoms. The highest BCUT2D eigenvalue weighted by Gasteiger charge is 2.14. The van der Waals surface area contributed by atoms with Gasteiger partial charge in [-0.2, -0.15) is 0 Å². The fourth-order valence-electron chi connectivity index (χ4n) is 2.00. The summed E-state index contributed by atoms with van der Waals surface area (Å²) < 4.78 is 5.34. The van der Waals surface area contributed by atoms with Crippen molar-refractivity contribution in [2.45, 2.75) is 32.9 Å². The predicted octanol–water partition coefficient (Wildman–Crippen LogP) is 3.55. The number of pyridine rings is 1. The Morgan fingerprint density at radius 3 is 2.72 bits per heavy atom. The molecule has 18 heavy (non-hydrogen) atoms. The third-order valence-electron chi connectivity index (χ3n) is 2.85. The van der Waals surface area contributed by atoms with Crippen LogP contribution >= 0.6 is 0 Å². The zero-order chi connectivity index (χ0) is 12.8. The van der Waals surface area contributed by atoms with Gasteiger partial charge in [-0.15, -0.1) is 0 Å². The zero-order valence-electron chi connectivity index (χ0n) is 11.0. The Morgan fingerprint density at radius 2 is 2.11 bits per heavy atom. The molecule has 0 bridgehead atoms. The summed E-state index contributed by atoms with van der Waals surface area (Å²) in [5, 5.41) is 3.51. The van der Waals surface area contributed by atoms with E-state index in [0.29, 0.717) is 5.92 Å². The fourth-order valence-corrected chi connectivity index (χ4v) is 2.00. The molecule has 0 saturated carbocycles. The lowest BCUT2D eigenvalue weighted by Crippen LogP contribution is -2.23. The van der Waals surface area contributed by atoms with Crippen molar-refractivity contribution >= 4 is 0 Å². The van der Waals surface area contributed by atoms with Crippen molar-refractivity contribution in [1.29, 1.82) is 0 Å². The normalized spacial score (nSPS) is 12.8. The lowest BCUT2D eigenvalue weighted by atomic mass is 10.0. The summed E-state index contributed by atoms with van der Waals surface area (Å²) in [7, 11) is 0. The van der Waals surface area contributed by atoms with Crippen LogP contribution in [0.15, 0.2) is 47.2 Å². The first-order chi connectivity index (χ1) is 8.75. The molecule has 2 aromatic rings. The van der Waals surface area contributed by atoms with E-state index in [-0.39, 0.29) is 6.04 Å². The molecule has 0 aliphatic heterocycles. The Balaban J connectivity index is 2.01. The second-order valence-electron chi connectivity index (χ2n) is 4.90. The summed E-state index contributed by atoms with van der Waals surface area (Å²) in [5.41, 5.74) is 1.10. The van der Waals surface area contributed by atoms with Crippen molar-refractivity contribution in [1.82, 2.24) is 10.3 Å². The number of hydrogen-bond donors (Lipinski definition) is 1. The van der Waals surface area contributed by atoms with Crippen LogP contribution in [0.5, 0.6) is 0 Å². The second kappa shape index (κ2) is 6.36. The minimum Gasteiger partial charge on any atom is -0.468 e. The molecule has 2 aromatic heterocycles. The average molecular weight is 244 g/mol. The van der Waals surface area contributed by atoms with E-state index in [1.807, 2.05) is 30.5 Å². The highest BCUT2D eigenvalue weighted by atomic mass is 16.3. The summed E-state index contributed by atoms with van der Waals surface area (Å²) in [5.74, 6) is 1.58. The first kappa shape index (κ1) is 12.8. The molecule has 3 nitrogen and oxygen atoms in total. The van der Waals surface area contributed by atoms with E-state index in [1.165, 1.54) is 0 Å². The molecule has 0 saturated heterocycles. The van der Waals surface area contributed by atoms with E-state index in [2.05, 4.69) is 30.2 Å². The largest absolute Gasteiger partial charge is 0.468 e. The summed E-state index contributed by atoms with van der Waals surface area (Å²) in [6.07, 6.45) is 4.62. The van der Waals surface area contributed by atoms with Crippen LogP contribution in [0.3, 0.4) is 0 Å². The van der Waals surface area contributed by atoms with Gasteiger partial charge in [0.2, 0.25) is 0 Å². The number of rotatable bonds is 6. The maximum absolute atomic E-state index is 5.34. The molecule has 0 amide bonds. The Hall–Kier alpha value is -1.61. The Morgan fingerprint density at radius 1 is 1.22 bits per heavy atom. The van der Waals surface area contributed by atoms with E-state index in [1.54, 1.807) is 6.26 Å². The average Bonchev–Trinajstić information content (AvgIpc) is 2.88. The van der Waals surface area contributed by atoms with Gasteiger partial charge in [-0.1, -0.05) is 19.9 Å². The lowest BCUT2D eigenvalue weighted by Gasteiger charge is -2.19. The van der Waals surface area contributed by atoms with Gasteiger partial charge < -0.3 is 9.73 Å². The van der Waals surface area contributed by atoms with Crippen LogP contribution in [0.1, 0.15) is 37.8 Å². The lowest BCUT2D eigenvalue weighted by molar-refractivity contribution is 0.394. The van der Waals surface area contributed by atoms with Crippen LogP contribution in [-0.4, -0.2) is 4.98 Å². The van der Waals surface area contributed by atoms with Crippen molar-refractivity contribution in [3.8, 4) is 0 Å². The van der Waals surface area contributed by atoms with Crippen LogP contribution in [0.2, 0.25) is 0 Å². The third-order valence-corrected chi connectivity index (χ3v) is 2.85. The van der Waals surface area contributed by atoms with E-state index >= 15 is 0 Å². The standard InChI is InChI=1S/C15H20N2O/c1-12(2)10-15(14-7-3-4-8-16-14)17-11-13-6-5-9-18-13/h3-9,12,15,17H,10-11H2,1-2H3/t15-/m0/s1. The summed E-state index contributed by atoms with van der Waals surface area (Å²) in [6, 6.07) is 10.2. The molecule has 2 rings (SSSR count). The first-order valence-electron chi connectivity index (χ1n) is 6.42. The summed E-state index contributed by atoms with van der Waals surface area (Å²) >= 11 is 0. The molecule has 0 fully saturated rings. The molecule has 0 aromatic carbocycles. The van der Waals surface area contributed by atoms with Gasteiger partial charge in [0, 0.05) is 6.20 Å². The third kappa shape index (κ3) is 3.70. The van der Waals surface area contributed by atoms with Gasteiger partial charge in [0.05, 0.1) is 24.5 Å². The maximum atomic E-state index is 5.34. The number of nitrogens with one attached hydrogen (secondary N) is 1. The Labute approximate surface area is 108 Å². The minimum absolute atomic E-state index is 0.274. The molecule has 2 heterocycles. The van der Waals surface area contributed by atoms with E-state index in [9.17, 15) is 0 Å². The molecule has 1 N–H and O–H groups in total. The molecule has 96 valence electrons. The van der Waals surface area contributed by atoms with Crippen LogP contribution in [-0.2, 0) is 6.54 Å². The first-order valence-corrected chi connectivity index (χ1v) is 6.42. The number of furan rings is 1. The van der Waals surface area contributed by atoms with Crippen LogP contribution in [0, 0.1) is 5.92 Å². The fraction of sp³-hybridized carbons (Fsp3) is 0.400. The molecular weight excluding hydrogens is 224 g/mol. The van der Waals surface area contributed by atoms with Crippen LogP contribution in [0.4, 0.5) is 0 Å². The SMILES string of the molecule is CC(C)C[C@H](NCc1ccco1)c1ccccn1. The van der Waals surface area contributed by atoms with Crippen molar-refractivity contribution in [3.05, 3.63) is 54.2 Å². The van der Waals surface area contributed by atoms with Crippen molar-refractivity contribution in [2.24, 2.45) is 5.92 Å². The molecule has 0 spiro atoms. The minimum atomic E-state index is 0.274. The van der Waals surface area contributed by atoms with Crippen LogP contribution in [0.25, 0.3) is 0 Å². The molecule has 0 unspecified atom stereocenters. The monoisotopic (exact) mass is 244 g/mol. The van der Waals surface area contributed by atoms with E-state index < -0.39 is 0 Å².